The second-order valence-corrected chi connectivity index (χ2v) is 4.44. The molecule has 5 heteroatoms. The van der Waals surface area contributed by atoms with Gasteiger partial charge in [0.15, 0.2) is 0 Å². The number of hydrogen-bond donors (Lipinski definition) is 1. The maximum Gasteiger partial charge on any atom is 0.320 e. The summed E-state index contributed by atoms with van der Waals surface area (Å²) in [4.78, 5) is 26.3. The maximum absolute atomic E-state index is 12.2. The third kappa shape index (κ3) is 4.63. The first-order chi connectivity index (χ1) is 7.84. The number of carboxylic acids is 1. The number of aliphatic carboxylic acids is 1. The topological polar surface area (TPSA) is 60.9 Å². The Bertz CT molecular complexity index is 266. The van der Waals surface area contributed by atoms with E-state index < -0.39 is 11.9 Å². The third-order valence-corrected chi connectivity index (χ3v) is 2.78. The van der Waals surface area contributed by atoms with Crippen molar-refractivity contribution >= 4 is 12.0 Å². The summed E-state index contributed by atoms with van der Waals surface area (Å²) in [6.45, 7) is 10.7. The van der Waals surface area contributed by atoms with Crippen LogP contribution in [0.4, 0.5) is 4.79 Å². The van der Waals surface area contributed by atoms with E-state index in [9.17, 15) is 9.59 Å². The zero-order valence-electron chi connectivity index (χ0n) is 11.4. The zero-order valence-corrected chi connectivity index (χ0v) is 11.4. The second kappa shape index (κ2) is 7.14. The van der Waals surface area contributed by atoms with Crippen LogP contribution in [0.15, 0.2) is 0 Å². The fourth-order valence-corrected chi connectivity index (χ4v) is 1.65. The number of amides is 2. The van der Waals surface area contributed by atoms with Crippen molar-refractivity contribution in [2.75, 3.05) is 19.6 Å². The lowest BCUT2D eigenvalue weighted by molar-refractivity contribution is -0.141. The minimum Gasteiger partial charge on any atom is -0.481 e. The Morgan fingerprint density at radius 1 is 1.12 bits per heavy atom. The number of carbonyl (C=O) groups is 2. The Kier molecular flexibility index (Phi) is 6.61. The van der Waals surface area contributed by atoms with Crippen molar-refractivity contribution in [2.24, 2.45) is 5.92 Å². The van der Waals surface area contributed by atoms with Crippen molar-refractivity contribution in [3.8, 4) is 0 Å². The number of hydrogen-bond acceptors (Lipinski definition) is 2. The van der Waals surface area contributed by atoms with E-state index in [2.05, 4.69) is 0 Å². The highest BCUT2D eigenvalue weighted by molar-refractivity contribution is 5.76. The van der Waals surface area contributed by atoms with E-state index in [0.29, 0.717) is 13.1 Å². The van der Waals surface area contributed by atoms with E-state index in [4.69, 9.17) is 5.11 Å². The van der Waals surface area contributed by atoms with Gasteiger partial charge in [-0.15, -0.1) is 0 Å². The van der Waals surface area contributed by atoms with Crippen LogP contribution < -0.4 is 0 Å². The highest BCUT2D eigenvalue weighted by Crippen LogP contribution is 2.07. The van der Waals surface area contributed by atoms with E-state index in [1.807, 2.05) is 27.7 Å². The summed E-state index contributed by atoms with van der Waals surface area (Å²) in [6.07, 6.45) is 0. The van der Waals surface area contributed by atoms with Gasteiger partial charge in [0.05, 0.1) is 5.92 Å². The van der Waals surface area contributed by atoms with Gasteiger partial charge in [0.2, 0.25) is 0 Å². The molecule has 2 amide bonds. The lowest BCUT2D eigenvalue weighted by Crippen LogP contribution is -2.48. The van der Waals surface area contributed by atoms with Gasteiger partial charge in [-0.1, -0.05) is 6.92 Å². The molecule has 100 valence electrons. The first-order valence-corrected chi connectivity index (χ1v) is 6.13. The average Bonchev–Trinajstić information content (AvgIpc) is 2.25. The molecule has 0 saturated heterocycles. The molecule has 0 rings (SSSR count). The van der Waals surface area contributed by atoms with Crippen molar-refractivity contribution in [3.63, 3.8) is 0 Å². The Balaban J connectivity index is 4.64. The van der Waals surface area contributed by atoms with Crippen LogP contribution in [0.3, 0.4) is 0 Å². The molecule has 0 aliphatic heterocycles. The molecule has 0 aromatic carbocycles. The molecular weight excluding hydrogens is 220 g/mol. The molecular formula is C12H24N2O3. The molecule has 0 aliphatic rings. The summed E-state index contributed by atoms with van der Waals surface area (Å²) in [7, 11) is 0. The summed E-state index contributed by atoms with van der Waals surface area (Å²) in [5.74, 6) is -1.41. The van der Waals surface area contributed by atoms with Gasteiger partial charge >= 0.3 is 12.0 Å². The van der Waals surface area contributed by atoms with Gasteiger partial charge in [-0.25, -0.2) is 4.79 Å². The standard InChI is InChI=1S/C12H24N2O3/c1-6-13(8-10(5)11(15)16)12(17)14(7-2)9(3)4/h9-10H,6-8H2,1-5H3,(H,15,16). The van der Waals surface area contributed by atoms with Gasteiger partial charge in [0, 0.05) is 25.7 Å². The highest BCUT2D eigenvalue weighted by atomic mass is 16.4. The van der Waals surface area contributed by atoms with Gasteiger partial charge < -0.3 is 14.9 Å². The molecule has 5 nitrogen and oxygen atoms in total. The predicted molar refractivity (Wildman–Crippen MR) is 67.0 cm³/mol. The summed E-state index contributed by atoms with van der Waals surface area (Å²) in [5.41, 5.74) is 0. The number of nitrogens with zero attached hydrogens (tertiary/aromatic N) is 2. The number of carbonyl (C=O) groups excluding carboxylic acids is 1. The molecule has 1 atom stereocenters. The number of urea groups is 1. The Hall–Kier alpha value is -1.26. The van der Waals surface area contributed by atoms with Crippen molar-refractivity contribution in [1.82, 2.24) is 9.80 Å². The molecule has 0 heterocycles. The van der Waals surface area contributed by atoms with E-state index in [0.717, 1.165) is 0 Å². The van der Waals surface area contributed by atoms with E-state index in [1.165, 1.54) is 0 Å². The molecule has 0 aromatic heterocycles. The van der Waals surface area contributed by atoms with Gasteiger partial charge in [-0.2, -0.15) is 0 Å². The van der Waals surface area contributed by atoms with Gasteiger partial charge in [-0.3, -0.25) is 4.79 Å². The number of carboxylic acid groups (broad SMARTS) is 1. The average molecular weight is 244 g/mol. The molecule has 0 bridgehead atoms. The normalized spacial score (nSPS) is 12.4. The van der Waals surface area contributed by atoms with E-state index in [-0.39, 0.29) is 18.6 Å². The van der Waals surface area contributed by atoms with Crippen LogP contribution in [0.25, 0.3) is 0 Å². The summed E-state index contributed by atoms with van der Waals surface area (Å²) in [5, 5.41) is 8.86. The van der Waals surface area contributed by atoms with Crippen LogP contribution in [0.1, 0.15) is 34.6 Å². The third-order valence-electron chi connectivity index (χ3n) is 2.78. The van der Waals surface area contributed by atoms with Crippen LogP contribution in [0.2, 0.25) is 0 Å². The smallest absolute Gasteiger partial charge is 0.320 e. The molecule has 17 heavy (non-hydrogen) atoms. The SMILES string of the molecule is CCN(CC(C)C(=O)O)C(=O)N(CC)C(C)C. The summed E-state index contributed by atoms with van der Waals surface area (Å²) in [6, 6.07) is 0.0415. The molecule has 0 aliphatic carbocycles. The Morgan fingerprint density at radius 3 is 1.94 bits per heavy atom. The first-order valence-electron chi connectivity index (χ1n) is 6.13. The molecule has 0 fully saturated rings. The van der Waals surface area contributed by atoms with Crippen LogP contribution in [0.5, 0.6) is 0 Å². The molecule has 1 N–H and O–H groups in total. The largest absolute Gasteiger partial charge is 0.481 e. The zero-order chi connectivity index (χ0) is 13.6. The fourth-order valence-electron chi connectivity index (χ4n) is 1.65. The van der Waals surface area contributed by atoms with Crippen LogP contribution >= 0.6 is 0 Å². The lowest BCUT2D eigenvalue weighted by atomic mass is 10.2. The Morgan fingerprint density at radius 2 is 1.65 bits per heavy atom. The van der Waals surface area contributed by atoms with Gasteiger partial charge in [0.1, 0.15) is 0 Å². The van der Waals surface area contributed by atoms with Crippen LogP contribution in [-0.4, -0.2) is 52.6 Å². The maximum atomic E-state index is 12.2. The van der Waals surface area contributed by atoms with Gasteiger partial charge in [-0.05, 0) is 27.7 Å². The highest BCUT2D eigenvalue weighted by Gasteiger charge is 2.24. The molecule has 0 spiro atoms. The quantitative estimate of drug-likeness (QED) is 0.776. The van der Waals surface area contributed by atoms with Crippen LogP contribution in [-0.2, 0) is 4.79 Å². The minimum absolute atomic E-state index is 0.0851. The lowest BCUT2D eigenvalue weighted by Gasteiger charge is -2.32. The van der Waals surface area contributed by atoms with E-state index >= 15 is 0 Å². The summed E-state index contributed by atoms with van der Waals surface area (Å²) >= 11 is 0. The summed E-state index contributed by atoms with van der Waals surface area (Å²) < 4.78 is 0. The molecule has 0 saturated carbocycles. The van der Waals surface area contributed by atoms with Crippen molar-refractivity contribution < 1.29 is 14.7 Å². The minimum atomic E-state index is -0.871. The first kappa shape index (κ1) is 15.7. The molecule has 0 radical (unpaired) electrons. The van der Waals surface area contributed by atoms with Gasteiger partial charge in [0.25, 0.3) is 0 Å². The second-order valence-electron chi connectivity index (χ2n) is 4.44. The molecule has 1 unspecified atom stereocenters. The Labute approximate surface area is 103 Å². The van der Waals surface area contributed by atoms with Crippen molar-refractivity contribution in [2.45, 2.75) is 40.7 Å². The monoisotopic (exact) mass is 244 g/mol. The van der Waals surface area contributed by atoms with Crippen molar-refractivity contribution in [1.29, 1.82) is 0 Å². The van der Waals surface area contributed by atoms with Crippen molar-refractivity contribution in [3.05, 3.63) is 0 Å². The number of rotatable bonds is 6. The fraction of sp³-hybridized carbons (Fsp3) is 0.833. The predicted octanol–water partition coefficient (Wildman–Crippen LogP) is 1.88. The van der Waals surface area contributed by atoms with E-state index in [1.54, 1.807) is 16.7 Å². The van der Waals surface area contributed by atoms with Crippen LogP contribution in [0, 0.1) is 5.92 Å². The molecule has 0 aromatic rings.